The lowest BCUT2D eigenvalue weighted by molar-refractivity contribution is 0.138. The fourth-order valence-electron chi connectivity index (χ4n) is 1.83. The average Bonchev–Trinajstić information content (AvgIpc) is 2.26. The second-order valence-corrected chi connectivity index (χ2v) is 5.41. The molecule has 3 nitrogen and oxygen atoms in total. The average molecular weight is 272 g/mol. The Bertz CT molecular complexity index is 668. The SMILES string of the molecule is O=S(=O)(O)C(c1ccc2ccccc2c1)C(F)F. The van der Waals surface area contributed by atoms with Gasteiger partial charge in [0.05, 0.1) is 0 Å². The highest BCUT2D eigenvalue weighted by atomic mass is 32.2. The van der Waals surface area contributed by atoms with Crippen molar-refractivity contribution in [2.24, 2.45) is 0 Å². The lowest BCUT2D eigenvalue weighted by Crippen LogP contribution is -2.19. The Labute approximate surface area is 103 Å². The van der Waals surface area contributed by atoms with Gasteiger partial charge in [0.15, 0.2) is 5.25 Å². The molecule has 0 aliphatic heterocycles. The highest BCUT2D eigenvalue weighted by molar-refractivity contribution is 7.86. The molecule has 0 aliphatic rings. The number of halogens is 2. The number of fused-ring (bicyclic) bond motifs is 1. The van der Waals surface area contributed by atoms with E-state index in [1.807, 2.05) is 0 Å². The molecule has 0 spiro atoms. The molecule has 0 fully saturated rings. The topological polar surface area (TPSA) is 54.4 Å². The summed E-state index contributed by atoms with van der Waals surface area (Å²) in [5, 5.41) is -0.754. The van der Waals surface area contributed by atoms with Gasteiger partial charge in [-0.2, -0.15) is 8.42 Å². The summed E-state index contributed by atoms with van der Waals surface area (Å²) in [6, 6.07) is 11.2. The highest BCUT2D eigenvalue weighted by Gasteiger charge is 2.34. The van der Waals surface area contributed by atoms with E-state index in [1.165, 1.54) is 12.1 Å². The first-order chi connectivity index (χ1) is 8.39. The molecule has 1 unspecified atom stereocenters. The molecule has 1 atom stereocenters. The second kappa shape index (κ2) is 4.62. The van der Waals surface area contributed by atoms with Gasteiger partial charge in [0.2, 0.25) is 0 Å². The summed E-state index contributed by atoms with van der Waals surface area (Å²) >= 11 is 0. The number of alkyl halides is 2. The van der Waals surface area contributed by atoms with Crippen LogP contribution in [0.1, 0.15) is 10.8 Å². The molecule has 0 radical (unpaired) electrons. The third kappa shape index (κ3) is 2.49. The van der Waals surface area contributed by atoms with E-state index in [-0.39, 0.29) is 5.56 Å². The number of rotatable bonds is 3. The van der Waals surface area contributed by atoms with Crippen LogP contribution in [0, 0.1) is 0 Å². The van der Waals surface area contributed by atoms with Crippen molar-refractivity contribution in [3.63, 3.8) is 0 Å². The predicted octanol–water partition coefficient (Wildman–Crippen LogP) is 3.03. The van der Waals surface area contributed by atoms with Crippen LogP contribution in [0.5, 0.6) is 0 Å². The van der Waals surface area contributed by atoms with Gasteiger partial charge in [0, 0.05) is 0 Å². The summed E-state index contributed by atoms with van der Waals surface area (Å²) in [5.41, 5.74) is -0.119. The van der Waals surface area contributed by atoms with Crippen LogP contribution < -0.4 is 0 Å². The van der Waals surface area contributed by atoms with Crippen molar-refractivity contribution in [3.05, 3.63) is 48.0 Å². The van der Waals surface area contributed by atoms with Gasteiger partial charge in [0.25, 0.3) is 16.5 Å². The van der Waals surface area contributed by atoms with E-state index in [0.717, 1.165) is 5.39 Å². The molecule has 96 valence electrons. The molecule has 0 heterocycles. The summed E-state index contributed by atoms with van der Waals surface area (Å²) < 4.78 is 56.3. The number of benzene rings is 2. The summed E-state index contributed by atoms with van der Waals surface area (Å²) in [7, 11) is -4.84. The first-order valence-electron chi connectivity index (χ1n) is 5.13. The van der Waals surface area contributed by atoms with E-state index in [2.05, 4.69) is 0 Å². The van der Waals surface area contributed by atoms with E-state index < -0.39 is 21.8 Å². The van der Waals surface area contributed by atoms with Gasteiger partial charge in [-0.1, -0.05) is 36.4 Å². The van der Waals surface area contributed by atoms with Crippen LogP contribution in [0.15, 0.2) is 42.5 Å². The van der Waals surface area contributed by atoms with Crippen LogP contribution in [0.3, 0.4) is 0 Å². The molecular formula is C12H10F2O3S. The molecule has 2 aromatic rings. The first-order valence-corrected chi connectivity index (χ1v) is 6.63. The first kappa shape index (κ1) is 12.9. The molecule has 0 aromatic heterocycles. The number of hydrogen-bond donors (Lipinski definition) is 1. The van der Waals surface area contributed by atoms with Crippen molar-refractivity contribution in [2.75, 3.05) is 0 Å². The molecule has 0 aliphatic carbocycles. The van der Waals surface area contributed by atoms with Gasteiger partial charge in [-0.3, -0.25) is 4.55 Å². The molecule has 0 saturated heterocycles. The summed E-state index contributed by atoms with van der Waals surface area (Å²) in [6.07, 6.45) is -3.18. The molecule has 18 heavy (non-hydrogen) atoms. The standard InChI is InChI=1S/C12H10F2O3S/c13-12(14)11(18(15,16)17)10-6-5-8-3-1-2-4-9(8)7-10/h1-7,11-12H,(H,15,16,17). The summed E-state index contributed by atoms with van der Waals surface area (Å²) in [4.78, 5) is 0. The summed E-state index contributed by atoms with van der Waals surface area (Å²) in [5.74, 6) is 0. The van der Waals surface area contributed by atoms with Gasteiger partial charge in [-0.15, -0.1) is 0 Å². The van der Waals surface area contributed by atoms with Crippen LogP contribution in [-0.4, -0.2) is 19.4 Å². The maximum absolute atomic E-state index is 12.7. The minimum absolute atomic E-state index is 0.119. The molecule has 2 rings (SSSR count). The zero-order valence-electron chi connectivity index (χ0n) is 9.12. The second-order valence-electron chi connectivity index (χ2n) is 3.88. The van der Waals surface area contributed by atoms with Crippen molar-refractivity contribution in [1.82, 2.24) is 0 Å². The van der Waals surface area contributed by atoms with Crippen molar-refractivity contribution < 1.29 is 21.8 Å². The Morgan fingerprint density at radius 1 is 1.00 bits per heavy atom. The largest absolute Gasteiger partial charge is 0.285 e. The molecular weight excluding hydrogens is 262 g/mol. The molecule has 2 aromatic carbocycles. The van der Waals surface area contributed by atoms with Crippen LogP contribution >= 0.6 is 0 Å². The smallest absolute Gasteiger partial charge is 0.277 e. The third-order valence-electron chi connectivity index (χ3n) is 2.65. The Kier molecular flexibility index (Phi) is 3.32. The maximum atomic E-state index is 12.7. The summed E-state index contributed by atoms with van der Waals surface area (Å²) in [6.45, 7) is 0. The lowest BCUT2D eigenvalue weighted by Gasteiger charge is -2.13. The van der Waals surface area contributed by atoms with Crippen molar-refractivity contribution in [3.8, 4) is 0 Å². The van der Waals surface area contributed by atoms with Crippen molar-refractivity contribution in [1.29, 1.82) is 0 Å². The fourth-order valence-corrected chi connectivity index (χ4v) is 2.58. The monoisotopic (exact) mass is 272 g/mol. The van der Waals surface area contributed by atoms with Gasteiger partial charge >= 0.3 is 0 Å². The molecule has 0 amide bonds. The Hall–Kier alpha value is -1.53. The normalized spacial score (nSPS) is 14.0. The van der Waals surface area contributed by atoms with Crippen LogP contribution in [-0.2, 0) is 10.1 Å². The van der Waals surface area contributed by atoms with Gasteiger partial charge in [-0.25, -0.2) is 8.78 Å². The van der Waals surface area contributed by atoms with Crippen molar-refractivity contribution >= 4 is 20.9 Å². The lowest BCUT2D eigenvalue weighted by atomic mass is 10.1. The van der Waals surface area contributed by atoms with Crippen LogP contribution in [0.2, 0.25) is 0 Å². The fraction of sp³-hybridized carbons (Fsp3) is 0.167. The van der Waals surface area contributed by atoms with Gasteiger partial charge in [0.1, 0.15) is 0 Å². The molecule has 6 heteroatoms. The Morgan fingerprint density at radius 3 is 2.17 bits per heavy atom. The zero-order valence-corrected chi connectivity index (χ0v) is 9.94. The number of hydrogen-bond acceptors (Lipinski definition) is 2. The van der Waals surface area contributed by atoms with E-state index >= 15 is 0 Å². The van der Waals surface area contributed by atoms with Crippen LogP contribution in [0.25, 0.3) is 10.8 Å². The van der Waals surface area contributed by atoms with E-state index in [1.54, 1.807) is 30.3 Å². The Morgan fingerprint density at radius 2 is 1.61 bits per heavy atom. The van der Waals surface area contributed by atoms with Gasteiger partial charge < -0.3 is 0 Å². The van der Waals surface area contributed by atoms with Crippen LogP contribution in [0.4, 0.5) is 8.78 Å². The van der Waals surface area contributed by atoms with E-state index in [9.17, 15) is 17.2 Å². The Balaban J connectivity index is 2.59. The third-order valence-corrected chi connectivity index (χ3v) is 3.77. The van der Waals surface area contributed by atoms with Gasteiger partial charge in [-0.05, 0) is 22.4 Å². The maximum Gasteiger partial charge on any atom is 0.277 e. The minimum atomic E-state index is -4.84. The quantitative estimate of drug-likeness (QED) is 0.874. The molecule has 1 N–H and O–H groups in total. The molecule has 0 bridgehead atoms. The van der Waals surface area contributed by atoms with Crippen molar-refractivity contribution in [2.45, 2.75) is 11.7 Å². The molecule has 0 saturated carbocycles. The zero-order chi connectivity index (χ0) is 13.3. The van der Waals surface area contributed by atoms with E-state index in [0.29, 0.717) is 5.39 Å². The van der Waals surface area contributed by atoms with E-state index in [4.69, 9.17) is 4.55 Å². The predicted molar refractivity (Wildman–Crippen MR) is 64.2 cm³/mol. The minimum Gasteiger partial charge on any atom is -0.285 e. The highest BCUT2D eigenvalue weighted by Crippen LogP contribution is 2.30.